The van der Waals surface area contributed by atoms with E-state index in [0.717, 1.165) is 48.5 Å². The molecule has 3 aliphatic rings. The van der Waals surface area contributed by atoms with Crippen LogP contribution in [0.4, 0.5) is 33.2 Å². The van der Waals surface area contributed by atoms with Crippen molar-refractivity contribution in [2.75, 3.05) is 29.9 Å². The predicted octanol–water partition coefficient (Wildman–Crippen LogP) is 9.10. The summed E-state index contributed by atoms with van der Waals surface area (Å²) in [7, 11) is 0. The highest BCUT2D eigenvalue weighted by Gasteiger charge is 2.49. The number of alkyl halides is 1. The zero-order chi connectivity index (χ0) is 39.0. The lowest BCUT2D eigenvalue weighted by Crippen LogP contribution is -2.43. The minimum Gasteiger partial charge on any atom is -0.461 e. The molecule has 0 saturated carbocycles. The summed E-state index contributed by atoms with van der Waals surface area (Å²) in [5.74, 6) is -1.83. The van der Waals surface area contributed by atoms with E-state index in [2.05, 4.69) is 20.2 Å². The number of fused-ring (bicyclic) bond motifs is 4. The summed E-state index contributed by atoms with van der Waals surface area (Å²) in [6.07, 6.45) is 3.25. The number of ether oxygens (including phenoxy) is 2. The van der Waals surface area contributed by atoms with Crippen molar-refractivity contribution in [2.24, 2.45) is 0 Å². The van der Waals surface area contributed by atoms with Gasteiger partial charge in [-0.25, -0.2) is 22.4 Å². The van der Waals surface area contributed by atoms with Gasteiger partial charge in [0.05, 0.1) is 27.0 Å². The summed E-state index contributed by atoms with van der Waals surface area (Å²) in [5, 5.41) is 13.0. The molecule has 0 aliphatic carbocycles. The maximum atomic E-state index is 17.4. The fourth-order valence-corrected chi connectivity index (χ4v) is 9.56. The van der Waals surface area contributed by atoms with E-state index >= 15 is 13.2 Å². The van der Waals surface area contributed by atoms with Crippen molar-refractivity contribution in [3.05, 3.63) is 69.8 Å². The van der Waals surface area contributed by atoms with Crippen molar-refractivity contribution in [1.29, 1.82) is 5.26 Å². The number of rotatable bonds is 6. The number of nitrogens with zero attached hydrogens (tertiary/aromatic N) is 6. The molecule has 16 heteroatoms. The molecule has 1 amide bonds. The number of amides is 1. The second kappa shape index (κ2) is 13.8. The number of benzene rings is 2. The molecule has 1 N–H and O–H groups in total. The molecule has 2 fully saturated rings. The molecule has 3 aliphatic heterocycles. The fraction of sp³-hybridized carbons (Fsp3) is 0.410. The Bertz CT molecular complexity index is 2440. The zero-order valence-electron chi connectivity index (χ0n) is 30.4. The highest BCUT2D eigenvalue weighted by Crippen LogP contribution is 2.47. The summed E-state index contributed by atoms with van der Waals surface area (Å²) in [6.45, 7) is 8.17. The highest BCUT2D eigenvalue weighted by atomic mass is 35.5. The normalized spacial score (nSPS) is 21.1. The number of nitriles is 1. The molecule has 6 heterocycles. The average Bonchev–Trinajstić information content (AvgIpc) is 3.77. The monoisotopic (exact) mass is 793 g/mol. The largest absolute Gasteiger partial charge is 0.461 e. The Kier molecular flexibility index (Phi) is 9.29. The van der Waals surface area contributed by atoms with Crippen molar-refractivity contribution in [3.8, 4) is 23.2 Å². The van der Waals surface area contributed by atoms with Gasteiger partial charge in [-0.3, -0.25) is 15.2 Å². The van der Waals surface area contributed by atoms with Gasteiger partial charge in [-0.2, -0.15) is 15.2 Å². The van der Waals surface area contributed by atoms with Gasteiger partial charge >= 0.3 is 12.1 Å². The Morgan fingerprint density at radius 1 is 1.20 bits per heavy atom. The number of halogens is 5. The summed E-state index contributed by atoms with van der Waals surface area (Å²) in [6, 6.07) is 5.58. The summed E-state index contributed by atoms with van der Waals surface area (Å²) in [5.41, 5.74) is -0.590. The quantitative estimate of drug-likeness (QED) is 0.168. The maximum Gasteiger partial charge on any atom is 0.412 e. The van der Waals surface area contributed by atoms with Crippen LogP contribution < -0.4 is 15.0 Å². The van der Waals surface area contributed by atoms with Crippen LogP contribution in [-0.2, 0) is 17.7 Å². The molecule has 2 saturated heterocycles. The van der Waals surface area contributed by atoms with Crippen LogP contribution in [0.5, 0.6) is 6.01 Å². The molecule has 0 radical (unpaired) electrons. The lowest BCUT2D eigenvalue weighted by atomic mass is 9.95. The predicted molar refractivity (Wildman–Crippen MR) is 202 cm³/mol. The minimum atomic E-state index is -0.999. The molecule has 1 unspecified atom stereocenters. The number of anilines is 2. The number of hydrogen-bond acceptors (Lipinski definition) is 10. The van der Waals surface area contributed by atoms with Crippen molar-refractivity contribution in [2.45, 2.75) is 83.3 Å². The second-order valence-electron chi connectivity index (χ2n) is 15.4. The minimum absolute atomic E-state index is 0.0106. The molecule has 2 aromatic carbocycles. The SMILES string of the molecule is CC1Cc2cncc(F)c2CN1c1nc(OC[C@@]23CCCN2C[C@H](F)C3)nc2c(F)c(-c3ccc(F)c4sc(NC(=O)OC(C)(C)C)c(C#N)c34)c(Cl)cc12. The van der Waals surface area contributed by atoms with Gasteiger partial charge in [-0.1, -0.05) is 17.7 Å². The molecule has 55 heavy (non-hydrogen) atoms. The van der Waals surface area contributed by atoms with Crippen LogP contribution in [-0.4, -0.2) is 69.0 Å². The van der Waals surface area contributed by atoms with Gasteiger partial charge in [0.15, 0.2) is 5.82 Å². The molecular weight excluding hydrogens is 758 g/mol. The molecular formula is C39H36ClF4N7O3S. The van der Waals surface area contributed by atoms with Gasteiger partial charge < -0.3 is 14.4 Å². The number of aromatic nitrogens is 3. The number of thiophene rings is 1. The summed E-state index contributed by atoms with van der Waals surface area (Å²) in [4.78, 5) is 30.0. The van der Waals surface area contributed by atoms with Crippen LogP contribution in [0.15, 0.2) is 30.6 Å². The van der Waals surface area contributed by atoms with Crippen LogP contribution in [0, 0.1) is 28.8 Å². The smallest absolute Gasteiger partial charge is 0.412 e. The van der Waals surface area contributed by atoms with Crippen LogP contribution in [0.25, 0.3) is 32.1 Å². The van der Waals surface area contributed by atoms with Gasteiger partial charge in [0.2, 0.25) is 0 Å². The zero-order valence-corrected chi connectivity index (χ0v) is 32.0. The molecule has 10 nitrogen and oxygen atoms in total. The Morgan fingerprint density at radius 3 is 2.76 bits per heavy atom. The van der Waals surface area contributed by atoms with Crippen molar-refractivity contribution < 1.29 is 31.8 Å². The van der Waals surface area contributed by atoms with Crippen LogP contribution >= 0.6 is 22.9 Å². The Morgan fingerprint density at radius 2 is 2.00 bits per heavy atom. The van der Waals surface area contributed by atoms with Gasteiger partial charge in [-0.05, 0) is 76.8 Å². The Labute approximate surface area is 323 Å². The van der Waals surface area contributed by atoms with E-state index < -0.39 is 40.9 Å². The summed E-state index contributed by atoms with van der Waals surface area (Å²) < 4.78 is 74.2. The van der Waals surface area contributed by atoms with Crippen LogP contribution in [0.2, 0.25) is 5.02 Å². The lowest BCUT2D eigenvalue weighted by molar-refractivity contribution is 0.0636. The first-order valence-electron chi connectivity index (χ1n) is 17.9. The number of carbonyl (C=O) groups is 1. The number of carbonyl (C=O) groups excluding carboxylic acids is 1. The third kappa shape index (κ3) is 6.57. The van der Waals surface area contributed by atoms with E-state index in [9.17, 15) is 14.4 Å². The second-order valence-corrected chi connectivity index (χ2v) is 16.8. The topological polar surface area (TPSA) is 116 Å². The molecule has 286 valence electrons. The van der Waals surface area contributed by atoms with E-state index in [1.165, 1.54) is 12.1 Å². The first kappa shape index (κ1) is 37.2. The Hall–Kier alpha value is -4.78. The first-order valence-corrected chi connectivity index (χ1v) is 19.1. The summed E-state index contributed by atoms with van der Waals surface area (Å²) >= 11 is 7.74. The standard InChI is InChI=1S/C39H36ClF4N7O3S/c1-19-10-20-14-46-15-28(43)25(20)17-51(19)34-23-11-26(40)30(31(44)32(23)47-36(48-34)53-18-39-8-5-9-50(39)16-21(41)12-39)22-6-7-27(42)33-29(22)24(13-45)35(55-33)49-37(52)54-38(2,3)4/h6-7,11,14-15,19,21H,5,8-10,12,16-18H2,1-4H3,(H,49,52)/t19?,21-,39+/m1/s1. The number of nitrogens with one attached hydrogen (secondary N) is 1. The van der Waals surface area contributed by atoms with Crippen LogP contribution in [0.3, 0.4) is 0 Å². The van der Waals surface area contributed by atoms with Crippen LogP contribution in [0.1, 0.15) is 63.6 Å². The van der Waals surface area contributed by atoms with Crippen molar-refractivity contribution in [3.63, 3.8) is 0 Å². The molecule has 3 aromatic heterocycles. The molecule has 3 atom stereocenters. The van der Waals surface area contributed by atoms with E-state index in [-0.39, 0.29) is 78.7 Å². The van der Waals surface area contributed by atoms with Gasteiger partial charge in [0, 0.05) is 53.6 Å². The first-order chi connectivity index (χ1) is 26.2. The molecule has 8 rings (SSSR count). The molecule has 0 spiro atoms. The van der Waals surface area contributed by atoms with Crippen molar-refractivity contribution in [1.82, 2.24) is 19.9 Å². The highest BCUT2D eigenvalue weighted by molar-refractivity contribution is 7.23. The fourth-order valence-electron chi connectivity index (χ4n) is 8.20. The third-order valence-electron chi connectivity index (χ3n) is 10.6. The van der Waals surface area contributed by atoms with Crippen molar-refractivity contribution >= 4 is 60.8 Å². The Balaban J connectivity index is 1.29. The van der Waals surface area contributed by atoms with E-state index in [1.54, 1.807) is 27.0 Å². The van der Waals surface area contributed by atoms with Gasteiger partial charge in [0.1, 0.15) is 52.4 Å². The number of pyridine rings is 1. The van der Waals surface area contributed by atoms with E-state index in [1.807, 2.05) is 17.9 Å². The molecule has 5 aromatic rings. The van der Waals surface area contributed by atoms with Gasteiger partial charge in [-0.15, -0.1) is 11.3 Å². The van der Waals surface area contributed by atoms with Gasteiger partial charge in [0.25, 0.3) is 0 Å². The average molecular weight is 794 g/mol. The third-order valence-corrected chi connectivity index (χ3v) is 12.0. The molecule has 0 bridgehead atoms. The lowest BCUT2D eigenvalue weighted by Gasteiger charge is -2.36. The maximum absolute atomic E-state index is 17.4. The number of hydrogen-bond donors (Lipinski definition) is 1. The van der Waals surface area contributed by atoms with E-state index in [0.29, 0.717) is 24.9 Å². The van der Waals surface area contributed by atoms with E-state index in [4.69, 9.17) is 26.1 Å².